The summed E-state index contributed by atoms with van der Waals surface area (Å²) in [7, 11) is -3.83. The van der Waals surface area contributed by atoms with Crippen molar-refractivity contribution in [3.05, 3.63) is 22.7 Å². The van der Waals surface area contributed by atoms with Crippen molar-refractivity contribution >= 4 is 33.2 Å². The third kappa shape index (κ3) is 3.74. The molecule has 0 aromatic heterocycles. The van der Waals surface area contributed by atoms with E-state index in [1.165, 1.54) is 12.1 Å². The Morgan fingerprint density at radius 1 is 1.48 bits per heavy atom. The molecule has 2 unspecified atom stereocenters. The lowest BCUT2D eigenvalue weighted by Gasteiger charge is -2.14. The molecule has 1 aromatic rings. The van der Waals surface area contributed by atoms with E-state index in [1.54, 1.807) is 6.92 Å². The monoisotopic (exact) mass is 332 g/mol. The first kappa shape index (κ1) is 16.2. The van der Waals surface area contributed by atoms with Gasteiger partial charge in [-0.15, -0.1) is 0 Å². The molecule has 116 valence electrons. The van der Waals surface area contributed by atoms with Gasteiger partial charge in [-0.2, -0.15) is 0 Å². The SMILES string of the molecule is Cc1cc(S(N)(=O)=O)cc(Cl)c1NC(=O)C1COC(C)C1. The van der Waals surface area contributed by atoms with Gasteiger partial charge < -0.3 is 10.1 Å². The number of nitrogens with two attached hydrogens (primary N) is 1. The smallest absolute Gasteiger partial charge is 0.238 e. The summed E-state index contributed by atoms with van der Waals surface area (Å²) in [6.45, 7) is 3.94. The van der Waals surface area contributed by atoms with Gasteiger partial charge in [-0.3, -0.25) is 4.79 Å². The minimum atomic E-state index is -3.83. The first-order chi connectivity index (χ1) is 9.68. The van der Waals surface area contributed by atoms with Crippen molar-refractivity contribution < 1.29 is 17.9 Å². The van der Waals surface area contributed by atoms with Gasteiger partial charge in [0.2, 0.25) is 15.9 Å². The number of carbonyl (C=O) groups excluding carboxylic acids is 1. The van der Waals surface area contributed by atoms with Crippen LogP contribution in [0.15, 0.2) is 17.0 Å². The topological polar surface area (TPSA) is 98.5 Å². The highest BCUT2D eigenvalue weighted by molar-refractivity contribution is 7.89. The van der Waals surface area contributed by atoms with Crippen LogP contribution in [-0.4, -0.2) is 27.0 Å². The fourth-order valence-corrected chi connectivity index (χ4v) is 3.26. The molecule has 2 rings (SSSR count). The number of primary sulfonamides is 1. The fourth-order valence-electron chi connectivity index (χ4n) is 2.26. The number of anilines is 1. The number of amides is 1. The van der Waals surface area contributed by atoms with Gasteiger partial charge >= 0.3 is 0 Å². The second kappa shape index (κ2) is 5.92. The van der Waals surface area contributed by atoms with Crippen LogP contribution in [0, 0.1) is 12.8 Å². The maximum Gasteiger partial charge on any atom is 0.238 e. The molecule has 21 heavy (non-hydrogen) atoms. The van der Waals surface area contributed by atoms with Crippen LogP contribution in [0.3, 0.4) is 0 Å². The molecule has 1 aromatic carbocycles. The van der Waals surface area contributed by atoms with Gasteiger partial charge in [0, 0.05) is 0 Å². The van der Waals surface area contributed by atoms with Gasteiger partial charge in [-0.05, 0) is 38.0 Å². The molecule has 1 fully saturated rings. The van der Waals surface area contributed by atoms with E-state index in [1.807, 2.05) is 6.92 Å². The number of ether oxygens (including phenoxy) is 1. The lowest BCUT2D eigenvalue weighted by atomic mass is 10.1. The lowest BCUT2D eigenvalue weighted by molar-refractivity contribution is -0.119. The number of sulfonamides is 1. The summed E-state index contributed by atoms with van der Waals surface area (Å²) in [5, 5.41) is 7.94. The van der Waals surface area contributed by atoms with Crippen molar-refractivity contribution in [1.29, 1.82) is 0 Å². The van der Waals surface area contributed by atoms with Gasteiger partial charge in [-0.1, -0.05) is 11.6 Å². The Morgan fingerprint density at radius 2 is 2.14 bits per heavy atom. The zero-order valence-electron chi connectivity index (χ0n) is 11.7. The number of rotatable bonds is 3. The van der Waals surface area contributed by atoms with E-state index in [2.05, 4.69) is 5.32 Å². The van der Waals surface area contributed by atoms with Gasteiger partial charge in [0.15, 0.2) is 0 Å². The average molecular weight is 333 g/mol. The minimum Gasteiger partial charge on any atom is -0.378 e. The number of carbonyl (C=O) groups is 1. The predicted molar refractivity (Wildman–Crippen MR) is 79.7 cm³/mol. The molecule has 0 radical (unpaired) electrons. The van der Waals surface area contributed by atoms with Crippen molar-refractivity contribution in [2.45, 2.75) is 31.3 Å². The third-order valence-corrected chi connectivity index (χ3v) is 4.60. The normalized spacial score (nSPS) is 22.3. The Labute approximate surface area is 128 Å². The van der Waals surface area contributed by atoms with Crippen molar-refractivity contribution in [2.24, 2.45) is 11.1 Å². The number of benzene rings is 1. The Balaban J connectivity index is 2.23. The highest BCUT2D eigenvalue weighted by Gasteiger charge is 2.29. The third-order valence-electron chi connectivity index (χ3n) is 3.41. The molecular weight excluding hydrogens is 316 g/mol. The van der Waals surface area contributed by atoms with Crippen LogP contribution in [-0.2, 0) is 19.6 Å². The average Bonchev–Trinajstić information content (AvgIpc) is 2.79. The summed E-state index contributed by atoms with van der Waals surface area (Å²) in [6, 6.07) is 2.61. The maximum absolute atomic E-state index is 12.2. The fraction of sp³-hybridized carbons (Fsp3) is 0.462. The van der Waals surface area contributed by atoms with E-state index in [9.17, 15) is 13.2 Å². The van der Waals surface area contributed by atoms with Crippen molar-refractivity contribution in [2.75, 3.05) is 11.9 Å². The largest absolute Gasteiger partial charge is 0.378 e. The summed E-state index contributed by atoms with van der Waals surface area (Å²) in [6.07, 6.45) is 0.708. The highest BCUT2D eigenvalue weighted by Crippen LogP contribution is 2.30. The molecule has 2 atom stereocenters. The molecule has 1 saturated heterocycles. The molecule has 0 bridgehead atoms. The van der Waals surface area contributed by atoms with Crippen LogP contribution in [0.25, 0.3) is 0 Å². The summed E-state index contributed by atoms with van der Waals surface area (Å²) >= 11 is 6.05. The molecule has 8 heteroatoms. The minimum absolute atomic E-state index is 0.0575. The Bertz CT molecular complexity index is 652. The van der Waals surface area contributed by atoms with Crippen molar-refractivity contribution in [1.82, 2.24) is 0 Å². The molecule has 6 nitrogen and oxygen atoms in total. The van der Waals surface area contributed by atoms with E-state index in [0.29, 0.717) is 24.3 Å². The lowest BCUT2D eigenvalue weighted by Crippen LogP contribution is -2.24. The number of hydrogen-bond donors (Lipinski definition) is 2. The van der Waals surface area contributed by atoms with Gasteiger partial charge in [0.1, 0.15) is 0 Å². The molecule has 0 spiro atoms. The quantitative estimate of drug-likeness (QED) is 0.879. The van der Waals surface area contributed by atoms with E-state index in [-0.39, 0.29) is 27.8 Å². The van der Waals surface area contributed by atoms with E-state index in [0.717, 1.165) is 0 Å². The van der Waals surface area contributed by atoms with E-state index in [4.69, 9.17) is 21.5 Å². The molecule has 1 aliphatic heterocycles. The highest BCUT2D eigenvalue weighted by atomic mass is 35.5. The Morgan fingerprint density at radius 3 is 2.62 bits per heavy atom. The van der Waals surface area contributed by atoms with E-state index >= 15 is 0 Å². The molecule has 0 saturated carbocycles. The van der Waals surface area contributed by atoms with Crippen LogP contribution < -0.4 is 10.5 Å². The second-order valence-electron chi connectivity index (χ2n) is 5.21. The number of aryl methyl sites for hydroxylation is 1. The van der Waals surface area contributed by atoms with Gasteiger partial charge in [0.05, 0.1) is 34.2 Å². The molecule has 0 aliphatic carbocycles. The second-order valence-corrected chi connectivity index (χ2v) is 7.18. The van der Waals surface area contributed by atoms with Crippen LogP contribution in [0.2, 0.25) is 5.02 Å². The first-order valence-corrected chi connectivity index (χ1v) is 8.36. The Kier molecular flexibility index (Phi) is 4.57. The summed E-state index contributed by atoms with van der Waals surface area (Å²) in [4.78, 5) is 12.1. The molecule has 1 amide bonds. The summed E-state index contributed by atoms with van der Waals surface area (Å²) in [5.74, 6) is -0.416. The zero-order chi connectivity index (χ0) is 15.8. The number of nitrogens with one attached hydrogen (secondary N) is 1. The van der Waals surface area contributed by atoms with E-state index < -0.39 is 10.0 Å². The predicted octanol–water partition coefficient (Wildman–Crippen LogP) is 1.66. The van der Waals surface area contributed by atoms with Crippen LogP contribution in [0.4, 0.5) is 5.69 Å². The molecule has 1 aliphatic rings. The number of halogens is 1. The van der Waals surface area contributed by atoms with Gasteiger partial charge in [-0.25, -0.2) is 13.6 Å². The van der Waals surface area contributed by atoms with Crippen molar-refractivity contribution in [3.8, 4) is 0 Å². The van der Waals surface area contributed by atoms with Crippen LogP contribution in [0.5, 0.6) is 0 Å². The van der Waals surface area contributed by atoms with Crippen molar-refractivity contribution in [3.63, 3.8) is 0 Å². The molecule has 3 N–H and O–H groups in total. The Hall–Kier alpha value is -1.15. The number of hydrogen-bond acceptors (Lipinski definition) is 4. The van der Waals surface area contributed by atoms with Crippen LogP contribution in [0.1, 0.15) is 18.9 Å². The van der Waals surface area contributed by atoms with Crippen LogP contribution >= 0.6 is 11.6 Å². The summed E-state index contributed by atoms with van der Waals surface area (Å²) < 4.78 is 28.0. The molecule has 1 heterocycles. The first-order valence-electron chi connectivity index (χ1n) is 6.44. The molecular formula is C13H17ClN2O4S. The van der Waals surface area contributed by atoms with Gasteiger partial charge in [0.25, 0.3) is 0 Å². The standard InChI is InChI=1S/C13H17ClN2O4S/c1-7-3-10(21(15,18)19)5-11(14)12(7)16-13(17)9-4-8(2)20-6-9/h3,5,8-9H,4,6H2,1-2H3,(H,16,17)(H2,15,18,19). The zero-order valence-corrected chi connectivity index (χ0v) is 13.3. The summed E-state index contributed by atoms with van der Waals surface area (Å²) in [5.41, 5.74) is 0.931. The maximum atomic E-state index is 12.2.